The third-order valence-corrected chi connectivity index (χ3v) is 7.77. The predicted octanol–water partition coefficient (Wildman–Crippen LogP) is 1.34. The Bertz CT molecular complexity index is 714. The Labute approximate surface area is 180 Å². The van der Waals surface area contributed by atoms with E-state index in [0.29, 0.717) is 13.1 Å². The molecule has 0 N–H and O–H groups in total. The van der Waals surface area contributed by atoms with Crippen molar-refractivity contribution in [2.45, 2.75) is 57.5 Å². The van der Waals surface area contributed by atoms with Gasteiger partial charge in [0, 0.05) is 51.6 Å². The smallest absolute Gasteiger partial charge is 0.246 e. The molecule has 0 aromatic carbocycles. The minimum atomic E-state index is 0.0843. The zero-order valence-corrected chi connectivity index (χ0v) is 18.7. The average molecular weight is 417 g/mol. The number of likely N-dealkylation sites (tertiary alicyclic amines) is 1. The number of hydrogen-bond acceptors (Lipinski definition) is 4. The van der Waals surface area contributed by atoms with E-state index >= 15 is 0 Å². The summed E-state index contributed by atoms with van der Waals surface area (Å²) < 4.78 is 0. The molecule has 1 saturated carbocycles. The van der Waals surface area contributed by atoms with Crippen LogP contribution in [-0.4, -0.2) is 96.2 Å². The van der Waals surface area contributed by atoms with E-state index < -0.39 is 0 Å². The van der Waals surface area contributed by atoms with Gasteiger partial charge in [-0.1, -0.05) is 6.08 Å². The lowest BCUT2D eigenvalue weighted by Crippen LogP contribution is -2.71. The first-order chi connectivity index (χ1) is 14.3. The second-order valence-electron chi connectivity index (χ2n) is 10.2. The van der Waals surface area contributed by atoms with Gasteiger partial charge in [0.15, 0.2) is 0 Å². The molecule has 5 aliphatic rings. The van der Waals surface area contributed by atoms with Gasteiger partial charge in [0.25, 0.3) is 0 Å². The van der Waals surface area contributed by atoms with Crippen LogP contribution in [0.3, 0.4) is 0 Å². The van der Waals surface area contributed by atoms with Crippen molar-refractivity contribution in [3.63, 3.8) is 0 Å². The summed E-state index contributed by atoms with van der Waals surface area (Å²) in [6, 6.07) is 0.358. The van der Waals surface area contributed by atoms with Crippen molar-refractivity contribution in [1.29, 1.82) is 0 Å². The number of nitrogens with zero attached hydrogens (tertiary/aromatic N) is 4. The third-order valence-electron chi connectivity index (χ3n) is 7.77. The number of rotatable bonds is 4. The fourth-order valence-corrected chi connectivity index (χ4v) is 5.95. The van der Waals surface area contributed by atoms with Crippen LogP contribution in [0, 0.1) is 11.3 Å². The van der Waals surface area contributed by atoms with Crippen LogP contribution in [0.4, 0.5) is 0 Å². The van der Waals surface area contributed by atoms with Crippen molar-refractivity contribution in [2.24, 2.45) is 11.3 Å². The van der Waals surface area contributed by atoms with Crippen LogP contribution in [0.2, 0.25) is 0 Å². The van der Waals surface area contributed by atoms with Crippen LogP contribution in [-0.2, 0) is 14.4 Å². The second kappa shape index (κ2) is 8.33. The maximum Gasteiger partial charge on any atom is 0.246 e. The molecule has 0 aromatic heterocycles. The lowest BCUT2D eigenvalue weighted by molar-refractivity contribution is -0.160. The Morgan fingerprint density at radius 2 is 1.70 bits per heavy atom. The van der Waals surface area contributed by atoms with Crippen LogP contribution < -0.4 is 0 Å². The summed E-state index contributed by atoms with van der Waals surface area (Å²) in [5.41, 5.74) is 0.245. The molecule has 30 heavy (non-hydrogen) atoms. The van der Waals surface area contributed by atoms with Gasteiger partial charge in [-0.05, 0) is 58.0 Å². The van der Waals surface area contributed by atoms with Crippen molar-refractivity contribution >= 4 is 17.7 Å². The maximum atomic E-state index is 13.2. The number of hydrogen-bond donors (Lipinski definition) is 0. The monoisotopic (exact) mass is 416 g/mol. The summed E-state index contributed by atoms with van der Waals surface area (Å²) in [6.45, 7) is 5.52. The number of likely N-dealkylation sites (N-methyl/N-ethyl adjacent to an activating group) is 1. The predicted molar refractivity (Wildman–Crippen MR) is 115 cm³/mol. The van der Waals surface area contributed by atoms with Crippen LogP contribution >= 0.6 is 0 Å². The first-order valence-electron chi connectivity index (χ1n) is 11.5. The Kier molecular flexibility index (Phi) is 5.93. The molecule has 1 aliphatic carbocycles. The molecular formula is C23H36N4O3. The molecule has 2 bridgehead atoms. The number of carbonyl (C=O) groups excluding carboxylic acids is 3. The average Bonchev–Trinajstić information content (AvgIpc) is 3.12. The number of carbonyl (C=O) groups is 3. The van der Waals surface area contributed by atoms with Gasteiger partial charge in [-0.15, -0.1) is 0 Å². The SMILES string of the molecule is CC(=O)N1CCC2(CCC(C(=O)N3CC4CC(C3)N4C(=O)/C=C/CN(C)C)CC2)C1. The highest BCUT2D eigenvalue weighted by atomic mass is 16.2. The van der Waals surface area contributed by atoms with Gasteiger partial charge in [-0.25, -0.2) is 0 Å². The molecule has 2 unspecified atom stereocenters. The van der Waals surface area contributed by atoms with E-state index in [2.05, 4.69) is 0 Å². The number of amides is 3. The highest BCUT2D eigenvalue weighted by molar-refractivity contribution is 5.89. The Morgan fingerprint density at radius 3 is 2.27 bits per heavy atom. The van der Waals surface area contributed by atoms with E-state index in [0.717, 1.165) is 58.2 Å². The van der Waals surface area contributed by atoms with Gasteiger partial charge in [-0.2, -0.15) is 0 Å². The van der Waals surface area contributed by atoms with Gasteiger partial charge >= 0.3 is 0 Å². The van der Waals surface area contributed by atoms with E-state index in [9.17, 15) is 14.4 Å². The van der Waals surface area contributed by atoms with Crippen molar-refractivity contribution in [3.8, 4) is 0 Å². The summed E-state index contributed by atoms with van der Waals surface area (Å²) in [4.78, 5) is 45.3. The zero-order chi connectivity index (χ0) is 21.5. The van der Waals surface area contributed by atoms with E-state index in [1.165, 1.54) is 0 Å². The van der Waals surface area contributed by atoms with Crippen LogP contribution in [0.1, 0.15) is 45.4 Å². The molecule has 5 fully saturated rings. The summed E-state index contributed by atoms with van der Waals surface area (Å²) in [5.74, 6) is 0.661. The van der Waals surface area contributed by atoms with Crippen LogP contribution in [0.25, 0.3) is 0 Å². The molecule has 2 atom stereocenters. The number of fused-ring (bicyclic) bond motifs is 2. The lowest BCUT2D eigenvalue weighted by Gasteiger charge is -2.56. The van der Waals surface area contributed by atoms with Gasteiger partial charge in [0.05, 0.1) is 12.1 Å². The topological polar surface area (TPSA) is 64.2 Å². The number of piperidine rings is 1. The molecule has 7 nitrogen and oxygen atoms in total. The summed E-state index contributed by atoms with van der Waals surface area (Å²) in [5, 5.41) is 0. The van der Waals surface area contributed by atoms with Gasteiger partial charge in [0.1, 0.15) is 0 Å². The first-order valence-corrected chi connectivity index (χ1v) is 11.5. The molecular weight excluding hydrogens is 380 g/mol. The van der Waals surface area contributed by atoms with Crippen molar-refractivity contribution in [2.75, 3.05) is 46.8 Å². The fourth-order valence-electron chi connectivity index (χ4n) is 5.95. The van der Waals surface area contributed by atoms with Crippen molar-refractivity contribution in [1.82, 2.24) is 19.6 Å². The first kappa shape index (κ1) is 21.3. The standard InChI is InChI=1S/C23H36N4O3/c1-17(28)25-12-10-23(16-25)8-6-18(7-9-23)22(30)26-14-19-13-20(15-26)27(19)21(29)5-4-11-24(2)3/h4-5,18-20H,6-16H2,1-3H3/b5-4+. The normalized spacial score (nSPS) is 33.5. The molecule has 0 radical (unpaired) electrons. The summed E-state index contributed by atoms with van der Waals surface area (Å²) in [6.07, 6.45) is 9.67. The molecule has 4 aliphatic heterocycles. The minimum absolute atomic E-state index is 0.0843. The molecule has 0 aromatic rings. The van der Waals surface area contributed by atoms with E-state index in [4.69, 9.17) is 0 Å². The van der Waals surface area contributed by atoms with Crippen LogP contribution in [0.5, 0.6) is 0 Å². The zero-order valence-electron chi connectivity index (χ0n) is 18.7. The van der Waals surface area contributed by atoms with E-state index in [-0.39, 0.29) is 41.1 Å². The van der Waals surface area contributed by atoms with Gasteiger partial charge in [-0.3, -0.25) is 14.4 Å². The van der Waals surface area contributed by atoms with E-state index in [1.54, 1.807) is 13.0 Å². The quantitative estimate of drug-likeness (QED) is 0.649. The molecule has 4 heterocycles. The summed E-state index contributed by atoms with van der Waals surface area (Å²) >= 11 is 0. The van der Waals surface area contributed by atoms with Crippen molar-refractivity contribution in [3.05, 3.63) is 12.2 Å². The van der Waals surface area contributed by atoms with Gasteiger partial charge in [0.2, 0.25) is 17.7 Å². The maximum absolute atomic E-state index is 13.2. The highest BCUT2D eigenvalue weighted by Crippen LogP contribution is 2.46. The lowest BCUT2D eigenvalue weighted by atomic mass is 9.69. The molecule has 1 spiro atoms. The molecule has 4 saturated heterocycles. The highest BCUT2D eigenvalue weighted by Gasteiger charge is 2.49. The summed E-state index contributed by atoms with van der Waals surface area (Å²) in [7, 11) is 3.96. The minimum Gasteiger partial charge on any atom is -0.342 e. The number of piperazine rings is 1. The largest absolute Gasteiger partial charge is 0.342 e. The third kappa shape index (κ3) is 4.13. The molecule has 3 amide bonds. The fraction of sp³-hybridized carbons (Fsp3) is 0.783. The van der Waals surface area contributed by atoms with Crippen molar-refractivity contribution < 1.29 is 14.4 Å². The van der Waals surface area contributed by atoms with Gasteiger partial charge < -0.3 is 19.6 Å². The van der Waals surface area contributed by atoms with E-state index in [1.807, 2.05) is 39.8 Å². The molecule has 5 rings (SSSR count). The molecule has 166 valence electrons. The van der Waals surface area contributed by atoms with Crippen LogP contribution in [0.15, 0.2) is 12.2 Å². The Balaban J connectivity index is 1.26. The Hall–Kier alpha value is -1.89. The second-order valence-corrected chi connectivity index (χ2v) is 10.2. The molecule has 7 heteroatoms. The Morgan fingerprint density at radius 1 is 1.03 bits per heavy atom.